The Kier molecular flexibility index (Phi) is 4.94. The van der Waals surface area contributed by atoms with E-state index in [4.69, 9.17) is 10.5 Å². The van der Waals surface area contributed by atoms with Crippen LogP contribution >= 0.6 is 0 Å². The second kappa shape index (κ2) is 5.97. The lowest BCUT2D eigenvalue weighted by Gasteiger charge is -2.25. The molecule has 0 aliphatic rings. The first-order chi connectivity index (χ1) is 9.43. The number of amides is 1. The van der Waals surface area contributed by atoms with Crippen LogP contribution in [0.5, 0.6) is 0 Å². The monoisotopic (exact) mass is 300 g/mol. The van der Waals surface area contributed by atoms with Crippen molar-refractivity contribution < 1.29 is 18.3 Å². The molecule has 0 spiro atoms. The van der Waals surface area contributed by atoms with Crippen LogP contribution in [0.1, 0.15) is 38.8 Å². The number of nitrogens with two attached hydrogens (primary N) is 1. The fourth-order valence-corrected chi connectivity index (χ4v) is 1.68. The normalized spacial score (nSPS) is 14.7. The Morgan fingerprint density at radius 2 is 1.86 bits per heavy atom. The largest absolute Gasteiger partial charge is 0.444 e. The summed E-state index contributed by atoms with van der Waals surface area (Å²) >= 11 is 0. The van der Waals surface area contributed by atoms with Crippen molar-refractivity contribution in [1.29, 1.82) is 0 Å². The first kappa shape index (κ1) is 17.4. The van der Waals surface area contributed by atoms with Crippen LogP contribution in [0, 0.1) is 6.92 Å². The molecule has 6 heteroatoms. The number of rotatable bonds is 3. The lowest BCUT2D eigenvalue weighted by atomic mass is 9.92. The van der Waals surface area contributed by atoms with Gasteiger partial charge in [0, 0.05) is 5.69 Å². The molecule has 0 fully saturated rings. The number of ether oxygens (including phenoxy) is 1. The van der Waals surface area contributed by atoms with E-state index in [1.165, 1.54) is 13.0 Å². The molecular formula is C15H22F2N2O2. The van der Waals surface area contributed by atoms with Gasteiger partial charge in [-0.3, -0.25) is 5.32 Å². The van der Waals surface area contributed by atoms with E-state index in [0.29, 0.717) is 16.8 Å². The van der Waals surface area contributed by atoms with Gasteiger partial charge in [-0.05, 0) is 51.8 Å². The number of anilines is 1. The maximum absolute atomic E-state index is 12.9. The highest BCUT2D eigenvalue weighted by Crippen LogP contribution is 2.28. The molecule has 1 rings (SSSR count). The van der Waals surface area contributed by atoms with E-state index in [9.17, 15) is 13.6 Å². The summed E-state index contributed by atoms with van der Waals surface area (Å²) in [5.41, 5.74) is 4.73. The molecule has 0 heterocycles. The molecule has 21 heavy (non-hydrogen) atoms. The topological polar surface area (TPSA) is 64.3 Å². The van der Waals surface area contributed by atoms with Crippen molar-refractivity contribution in [2.24, 2.45) is 5.73 Å². The number of hydrogen-bond donors (Lipinski definition) is 2. The number of nitrogens with one attached hydrogen (secondary N) is 1. The standard InChI is InChI=1S/C15H22F2N2O2/c1-9-8-10(15(5,18)12(16)17)6-7-11(9)19-13(20)21-14(2,3)4/h6-8,12H,18H2,1-5H3,(H,19,20). The summed E-state index contributed by atoms with van der Waals surface area (Å²) in [4.78, 5) is 11.7. The Bertz CT molecular complexity index is 523. The van der Waals surface area contributed by atoms with Gasteiger partial charge < -0.3 is 10.5 Å². The lowest BCUT2D eigenvalue weighted by molar-refractivity contribution is 0.0620. The van der Waals surface area contributed by atoms with Gasteiger partial charge in [0.15, 0.2) is 0 Å². The maximum Gasteiger partial charge on any atom is 0.412 e. The Balaban J connectivity index is 2.92. The van der Waals surface area contributed by atoms with Gasteiger partial charge in [-0.1, -0.05) is 12.1 Å². The highest BCUT2D eigenvalue weighted by Gasteiger charge is 2.32. The molecule has 0 aliphatic heterocycles. The Labute approximate surface area is 123 Å². The predicted octanol–water partition coefficient (Wildman–Crippen LogP) is 3.78. The van der Waals surface area contributed by atoms with Crippen LogP contribution in [0.2, 0.25) is 0 Å². The zero-order valence-electron chi connectivity index (χ0n) is 13.0. The smallest absolute Gasteiger partial charge is 0.412 e. The van der Waals surface area contributed by atoms with Crippen molar-refractivity contribution >= 4 is 11.8 Å². The summed E-state index contributed by atoms with van der Waals surface area (Å²) in [5, 5.41) is 2.59. The van der Waals surface area contributed by atoms with Gasteiger partial charge in [0.05, 0.1) is 5.54 Å². The minimum atomic E-state index is -2.68. The lowest BCUT2D eigenvalue weighted by Crippen LogP contribution is -2.40. The number of aryl methyl sites for hydroxylation is 1. The SMILES string of the molecule is Cc1cc(C(C)(N)C(F)F)ccc1NC(=O)OC(C)(C)C. The summed E-state index contributed by atoms with van der Waals surface area (Å²) in [6.07, 6.45) is -3.27. The quantitative estimate of drug-likeness (QED) is 0.893. The van der Waals surface area contributed by atoms with Crippen molar-refractivity contribution in [1.82, 2.24) is 0 Å². The molecule has 1 aromatic carbocycles. The minimum Gasteiger partial charge on any atom is -0.444 e. The highest BCUT2D eigenvalue weighted by atomic mass is 19.3. The number of halogens is 2. The average Bonchev–Trinajstić information content (AvgIpc) is 2.28. The summed E-state index contributed by atoms with van der Waals surface area (Å²) in [6.45, 7) is 8.24. The van der Waals surface area contributed by atoms with Gasteiger partial charge in [0.25, 0.3) is 6.43 Å². The zero-order chi connectivity index (χ0) is 16.4. The molecule has 0 saturated carbocycles. The van der Waals surface area contributed by atoms with Crippen LogP contribution in [0.4, 0.5) is 19.3 Å². The molecule has 118 valence electrons. The van der Waals surface area contributed by atoms with Crippen LogP contribution in [0.3, 0.4) is 0 Å². The summed E-state index contributed by atoms with van der Waals surface area (Å²) in [6, 6.07) is 4.56. The molecule has 0 aliphatic carbocycles. The van der Waals surface area contributed by atoms with E-state index < -0.39 is 23.7 Å². The molecule has 1 atom stereocenters. The summed E-state index contributed by atoms with van der Waals surface area (Å²) in [5.74, 6) is 0. The van der Waals surface area contributed by atoms with Crippen molar-refractivity contribution in [3.05, 3.63) is 29.3 Å². The van der Waals surface area contributed by atoms with E-state index in [-0.39, 0.29) is 0 Å². The van der Waals surface area contributed by atoms with Crippen molar-refractivity contribution in [2.75, 3.05) is 5.32 Å². The Hall–Kier alpha value is -1.69. The van der Waals surface area contributed by atoms with Crippen molar-refractivity contribution in [2.45, 2.75) is 52.2 Å². The Morgan fingerprint density at radius 1 is 1.29 bits per heavy atom. The number of carbonyl (C=O) groups is 1. The van der Waals surface area contributed by atoms with Gasteiger partial charge >= 0.3 is 6.09 Å². The summed E-state index contributed by atoms with van der Waals surface area (Å²) in [7, 11) is 0. The van der Waals surface area contributed by atoms with Crippen LogP contribution in [0.15, 0.2) is 18.2 Å². The van der Waals surface area contributed by atoms with Crippen LogP contribution < -0.4 is 11.1 Å². The Morgan fingerprint density at radius 3 is 2.29 bits per heavy atom. The van der Waals surface area contributed by atoms with Gasteiger partial charge in [-0.25, -0.2) is 13.6 Å². The second-order valence-corrected chi connectivity index (χ2v) is 6.24. The number of alkyl halides is 2. The van der Waals surface area contributed by atoms with Crippen molar-refractivity contribution in [3.8, 4) is 0 Å². The van der Waals surface area contributed by atoms with Gasteiger partial charge in [-0.2, -0.15) is 0 Å². The van der Waals surface area contributed by atoms with E-state index in [0.717, 1.165) is 0 Å². The van der Waals surface area contributed by atoms with E-state index >= 15 is 0 Å². The van der Waals surface area contributed by atoms with Crippen LogP contribution in [0.25, 0.3) is 0 Å². The van der Waals surface area contributed by atoms with Crippen LogP contribution in [-0.2, 0) is 10.3 Å². The third-order valence-electron chi connectivity index (χ3n) is 2.94. The number of carbonyl (C=O) groups excluding carboxylic acids is 1. The van der Waals surface area contributed by atoms with E-state index in [2.05, 4.69) is 5.32 Å². The second-order valence-electron chi connectivity index (χ2n) is 6.24. The van der Waals surface area contributed by atoms with Crippen molar-refractivity contribution in [3.63, 3.8) is 0 Å². The first-order valence-corrected chi connectivity index (χ1v) is 6.61. The predicted molar refractivity (Wildman–Crippen MR) is 78.6 cm³/mol. The summed E-state index contributed by atoms with van der Waals surface area (Å²) < 4.78 is 31.0. The molecule has 4 nitrogen and oxygen atoms in total. The molecule has 0 radical (unpaired) electrons. The maximum atomic E-state index is 12.9. The first-order valence-electron chi connectivity index (χ1n) is 6.61. The molecule has 0 aromatic heterocycles. The van der Waals surface area contributed by atoms with E-state index in [1.807, 2.05) is 0 Å². The van der Waals surface area contributed by atoms with Gasteiger partial charge in [0.2, 0.25) is 0 Å². The zero-order valence-corrected chi connectivity index (χ0v) is 13.0. The minimum absolute atomic E-state index is 0.310. The molecule has 1 aromatic rings. The third-order valence-corrected chi connectivity index (χ3v) is 2.94. The highest BCUT2D eigenvalue weighted by molar-refractivity contribution is 5.86. The van der Waals surface area contributed by atoms with E-state index in [1.54, 1.807) is 39.8 Å². The molecule has 3 N–H and O–H groups in total. The molecule has 1 amide bonds. The van der Waals surface area contributed by atoms with Crippen LogP contribution in [-0.4, -0.2) is 18.1 Å². The molecular weight excluding hydrogens is 278 g/mol. The molecule has 0 saturated heterocycles. The molecule has 1 unspecified atom stereocenters. The number of benzene rings is 1. The average molecular weight is 300 g/mol. The fourth-order valence-electron chi connectivity index (χ4n) is 1.68. The molecule has 0 bridgehead atoms. The fraction of sp³-hybridized carbons (Fsp3) is 0.533. The van der Waals surface area contributed by atoms with Gasteiger partial charge in [0.1, 0.15) is 5.60 Å². The van der Waals surface area contributed by atoms with Gasteiger partial charge in [-0.15, -0.1) is 0 Å². The number of hydrogen-bond acceptors (Lipinski definition) is 3. The third kappa shape index (κ3) is 4.67.